The van der Waals surface area contributed by atoms with Crippen molar-refractivity contribution >= 4 is 46.1 Å². The van der Waals surface area contributed by atoms with Gasteiger partial charge in [-0.15, -0.1) is 0 Å². The smallest absolute Gasteiger partial charge is 0.244 e. The van der Waals surface area contributed by atoms with Gasteiger partial charge in [0.1, 0.15) is 23.7 Å². The molecule has 5 nitrogen and oxygen atoms in total. The molecule has 30 heavy (non-hydrogen) atoms. The zero-order chi connectivity index (χ0) is 21.1. The predicted octanol–water partition coefficient (Wildman–Crippen LogP) is 5.29. The van der Waals surface area contributed by atoms with Crippen LogP contribution in [-0.4, -0.2) is 20.4 Å². The van der Waals surface area contributed by atoms with Gasteiger partial charge in [-0.1, -0.05) is 35.5 Å². The minimum Gasteiger partial charge on any atom is -0.324 e. The molecule has 0 bridgehead atoms. The third-order valence-electron chi connectivity index (χ3n) is 4.23. The van der Waals surface area contributed by atoms with Crippen LogP contribution in [0.5, 0.6) is 0 Å². The number of pyridine rings is 1. The molecule has 0 radical (unpaired) electrons. The number of anilines is 1. The highest BCUT2D eigenvalue weighted by molar-refractivity contribution is 7.98. The van der Waals surface area contributed by atoms with Crippen molar-refractivity contribution in [2.45, 2.75) is 17.5 Å². The molecule has 2 aromatic heterocycles. The largest absolute Gasteiger partial charge is 0.324 e. The number of aromatic nitrogens is 3. The maximum absolute atomic E-state index is 13.4. The number of amides is 1. The Bertz CT molecular complexity index is 1230. The molecule has 4 rings (SSSR count). The second-order valence-electron chi connectivity index (χ2n) is 6.42. The molecule has 0 fully saturated rings. The number of nitrogens with zero attached hydrogens (tertiary/aromatic N) is 3. The lowest BCUT2D eigenvalue weighted by Crippen LogP contribution is -2.19. The number of rotatable bonds is 6. The Labute approximate surface area is 180 Å². The van der Waals surface area contributed by atoms with Crippen LogP contribution in [0.1, 0.15) is 5.56 Å². The zero-order valence-corrected chi connectivity index (χ0v) is 17.1. The van der Waals surface area contributed by atoms with E-state index in [2.05, 4.69) is 15.3 Å². The van der Waals surface area contributed by atoms with Gasteiger partial charge >= 0.3 is 0 Å². The van der Waals surface area contributed by atoms with Gasteiger partial charge in [0, 0.05) is 17.6 Å². The van der Waals surface area contributed by atoms with E-state index in [9.17, 15) is 13.6 Å². The quantitative estimate of drug-likeness (QED) is 0.410. The van der Waals surface area contributed by atoms with Crippen LogP contribution in [0.2, 0.25) is 5.02 Å². The van der Waals surface area contributed by atoms with Crippen molar-refractivity contribution in [2.75, 3.05) is 5.32 Å². The third kappa shape index (κ3) is 4.60. The highest BCUT2D eigenvalue weighted by Gasteiger charge is 2.16. The van der Waals surface area contributed by atoms with Gasteiger partial charge in [0.05, 0.1) is 5.02 Å². The minimum atomic E-state index is -0.560. The standard InChI is InChI=1S/C21H15ClF2N4OS/c22-16-10-15(6-7-17(16)24)26-19(29)11-28-20-18(5-2-8-25-20)27-21(28)30-12-13-3-1-4-14(23)9-13/h1-10H,11-12H2,(H,26,29). The van der Waals surface area contributed by atoms with Crippen molar-refractivity contribution in [1.82, 2.24) is 14.5 Å². The molecule has 0 aliphatic rings. The fourth-order valence-electron chi connectivity index (χ4n) is 2.88. The summed E-state index contributed by atoms with van der Waals surface area (Å²) >= 11 is 7.15. The van der Waals surface area contributed by atoms with E-state index in [1.54, 1.807) is 22.9 Å². The van der Waals surface area contributed by atoms with E-state index in [-0.39, 0.29) is 23.3 Å². The summed E-state index contributed by atoms with van der Waals surface area (Å²) in [6.45, 7) is -0.0476. The van der Waals surface area contributed by atoms with Crippen LogP contribution in [0.25, 0.3) is 11.2 Å². The predicted molar refractivity (Wildman–Crippen MR) is 114 cm³/mol. The van der Waals surface area contributed by atoms with Crippen molar-refractivity contribution in [3.63, 3.8) is 0 Å². The molecule has 1 amide bonds. The molecular weight excluding hydrogens is 430 g/mol. The third-order valence-corrected chi connectivity index (χ3v) is 5.57. The highest BCUT2D eigenvalue weighted by atomic mass is 35.5. The fraction of sp³-hybridized carbons (Fsp3) is 0.0952. The number of fused-ring (bicyclic) bond motifs is 1. The van der Waals surface area contributed by atoms with E-state index in [0.29, 0.717) is 27.8 Å². The molecule has 2 heterocycles. The first-order valence-corrected chi connectivity index (χ1v) is 10.3. The Morgan fingerprint density at radius 3 is 2.80 bits per heavy atom. The average molecular weight is 445 g/mol. The average Bonchev–Trinajstić information content (AvgIpc) is 3.07. The summed E-state index contributed by atoms with van der Waals surface area (Å²) < 4.78 is 28.5. The Kier molecular flexibility index (Phi) is 5.96. The number of hydrogen-bond acceptors (Lipinski definition) is 4. The highest BCUT2D eigenvalue weighted by Crippen LogP contribution is 2.26. The molecule has 152 valence electrons. The van der Waals surface area contributed by atoms with Crippen molar-refractivity contribution in [1.29, 1.82) is 0 Å². The van der Waals surface area contributed by atoms with E-state index < -0.39 is 5.82 Å². The summed E-state index contributed by atoms with van der Waals surface area (Å²) in [5.74, 6) is -0.720. The maximum atomic E-state index is 13.4. The first-order chi connectivity index (χ1) is 14.5. The van der Waals surface area contributed by atoms with Crippen molar-refractivity contribution in [3.05, 3.63) is 83.0 Å². The van der Waals surface area contributed by atoms with E-state index >= 15 is 0 Å². The first-order valence-electron chi connectivity index (χ1n) is 8.93. The van der Waals surface area contributed by atoms with E-state index in [0.717, 1.165) is 5.56 Å². The SMILES string of the molecule is O=C(Cn1c(SCc2cccc(F)c2)nc2cccnc21)Nc1ccc(F)c(Cl)c1. The van der Waals surface area contributed by atoms with Gasteiger partial charge in [-0.25, -0.2) is 18.7 Å². The van der Waals surface area contributed by atoms with Crippen LogP contribution in [0.15, 0.2) is 66.0 Å². The van der Waals surface area contributed by atoms with Crippen LogP contribution in [0.3, 0.4) is 0 Å². The van der Waals surface area contributed by atoms with E-state index in [1.807, 2.05) is 12.1 Å². The molecule has 0 spiro atoms. The van der Waals surface area contributed by atoms with Gasteiger partial charge < -0.3 is 5.32 Å². The molecule has 0 saturated carbocycles. The molecule has 0 aliphatic carbocycles. The van der Waals surface area contributed by atoms with Gasteiger partial charge in [0.2, 0.25) is 5.91 Å². The second kappa shape index (κ2) is 8.81. The number of carbonyl (C=O) groups excluding carboxylic acids is 1. The first kappa shape index (κ1) is 20.3. The van der Waals surface area contributed by atoms with Crippen molar-refractivity contribution < 1.29 is 13.6 Å². The maximum Gasteiger partial charge on any atom is 0.244 e. The lowest BCUT2D eigenvalue weighted by molar-refractivity contribution is -0.116. The lowest BCUT2D eigenvalue weighted by Gasteiger charge is -2.10. The van der Waals surface area contributed by atoms with E-state index in [1.165, 1.54) is 42.1 Å². The number of thioether (sulfide) groups is 1. The second-order valence-corrected chi connectivity index (χ2v) is 7.77. The molecule has 0 atom stereocenters. The summed E-state index contributed by atoms with van der Waals surface area (Å²) in [6, 6.07) is 13.9. The van der Waals surface area contributed by atoms with Crippen LogP contribution >= 0.6 is 23.4 Å². The lowest BCUT2D eigenvalue weighted by atomic mass is 10.2. The molecule has 0 saturated heterocycles. The number of benzene rings is 2. The molecular formula is C21H15ClF2N4OS. The summed E-state index contributed by atoms with van der Waals surface area (Å²) in [5, 5.41) is 3.20. The van der Waals surface area contributed by atoms with Gasteiger partial charge in [-0.2, -0.15) is 0 Å². The molecule has 0 unspecified atom stereocenters. The van der Waals surface area contributed by atoms with Gasteiger partial charge in [0.25, 0.3) is 0 Å². The minimum absolute atomic E-state index is 0.0476. The van der Waals surface area contributed by atoms with Crippen molar-refractivity contribution in [2.24, 2.45) is 0 Å². The fourth-order valence-corrected chi connectivity index (χ4v) is 4.01. The number of nitrogens with one attached hydrogen (secondary N) is 1. The molecule has 4 aromatic rings. The molecule has 9 heteroatoms. The monoisotopic (exact) mass is 444 g/mol. The number of hydrogen-bond donors (Lipinski definition) is 1. The summed E-state index contributed by atoms with van der Waals surface area (Å²) in [7, 11) is 0. The van der Waals surface area contributed by atoms with Gasteiger partial charge in [-0.3, -0.25) is 9.36 Å². The molecule has 2 aromatic carbocycles. The molecule has 1 N–H and O–H groups in total. The Morgan fingerprint density at radius 2 is 2.00 bits per heavy atom. The summed E-state index contributed by atoms with van der Waals surface area (Å²) in [5.41, 5.74) is 2.40. The summed E-state index contributed by atoms with van der Waals surface area (Å²) in [4.78, 5) is 21.5. The normalized spacial score (nSPS) is 11.0. The topological polar surface area (TPSA) is 59.8 Å². The number of halogens is 3. The van der Waals surface area contributed by atoms with Gasteiger partial charge in [0.15, 0.2) is 10.8 Å². The zero-order valence-electron chi connectivity index (χ0n) is 15.5. The van der Waals surface area contributed by atoms with Crippen LogP contribution < -0.4 is 5.32 Å². The van der Waals surface area contributed by atoms with Gasteiger partial charge in [-0.05, 0) is 48.0 Å². The van der Waals surface area contributed by atoms with Crippen molar-refractivity contribution in [3.8, 4) is 0 Å². The van der Waals surface area contributed by atoms with E-state index in [4.69, 9.17) is 11.6 Å². The van der Waals surface area contributed by atoms with Crippen LogP contribution in [-0.2, 0) is 17.1 Å². The summed E-state index contributed by atoms with van der Waals surface area (Å²) in [6.07, 6.45) is 1.62. The number of carbonyl (C=O) groups is 1. The number of imidazole rings is 1. The van der Waals surface area contributed by atoms with Crippen LogP contribution in [0.4, 0.5) is 14.5 Å². The Hall–Kier alpha value is -2.97. The molecule has 0 aliphatic heterocycles. The Morgan fingerprint density at radius 1 is 1.13 bits per heavy atom. The van der Waals surface area contributed by atoms with Crippen LogP contribution in [0, 0.1) is 11.6 Å². The Balaban J connectivity index is 1.56.